The van der Waals surface area contributed by atoms with Crippen LogP contribution in [0.1, 0.15) is 46.0 Å². The number of hydrogen-bond acceptors (Lipinski definition) is 3. The number of aliphatic imine (C=N–C) groups is 1. The minimum Gasteiger partial charge on any atom is -0.393 e. The molecule has 126 valence electrons. The van der Waals surface area contributed by atoms with Crippen molar-refractivity contribution in [2.24, 2.45) is 10.9 Å². The minimum absolute atomic E-state index is 0. The van der Waals surface area contributed by atoms with Gasteiger partial charge in [-0.25, -0.2) is 0 Å². The van der Waals surface area contributed by atoms with E-state index in [1.54, 1.807) is 0 Å². The molecule has 1 saturated carbocycles. The van der Waals surface area contributed by atoms with Gasteiger partial charge in [-0.1, -0.05) is 6.42 Å². The number of guanidine groups is 1. The summed E-state index contributed by atoms with van der Waals surface area (Å²) >= 11 is 0. The Hall–Kier alpha value is -0.0800. The Kier molecular flexibility index (Phi) is 13.5. The maximum Gasteiger partial charge on any atom is 0.191 e. The zero-order chi connectivity index (χ0) is 14.6. The number of aliphatic hydroxyl groups is 1. The Balaban J connectivity index is 0.00000400. The second-order valence-electron chi connectivity index (χ2n) is 5.31. The molecule has 21 heavy (non-hydrogen) atoms. The van der Waals surface area contributed by atoms with Gasteiger partial charge < -0.3 is 20.5 Å². The molecule has 0 radical (unpaired) electrons. The lowest BCUT2D eigenvalue weighted by molar-refractivity contribution is 0.136. The van der Waals surface area contributed by atoms with Crippen LogP contribution in [0, 0.1) is 5.92 Å². The number of ether oxygens (including phenoxy) is 1. The number of aliphatic hydroxyl groups excluding tert-OH is 1. The summed E-state index contributed by atoms with van der Waals surface area (Å²) in [6, 6.07) is 0. The standard InChI is InChI=1S/C15H31N3O2.HI/c1-3-16-15(17-10-5-6-11-20-4-2)18-12-13-8-7-9-14(13)19;/h13-14,19H,3-12H2,1-2H3,(H2,16,17,18);1H. The van der Waals surface area contributed by atoms with Gasteiger partial charge in [-0.2, -0.15) is 0 Å². The summed E-state index contributed by atoms with van der Waals surface area (Å²) in [7, 11) is 0. The molecule has 0 spiro atoms. The first-order chi connectivity index (χ1) is 9.77. The first-order valence-electron chi connectivity index (χ1n) is 8.05. The largest absolute Gasteiger partial charge is 0.393 e. The van der Waals surface area contributed by atoms with Gasteiger partial charge >= 0.3 is 0 Å². The number of hydrogen-bond donors (Lipinski definition) is 3. The first-order valence-corrected chi connectivity index (χ1v) is 8.05. The zero-order valence-corrected chi connectivity index (χ0v) is 15.8. The third kappa shape index (κ3) is 9.52. The van der Waals surface area contributed by atoms with Crippen molar-refractivity contribution in [1.29, 1.82) is 0 Å². The smallest absolute Gasteiger partial charge is 0.191 e. The second-order valence-corrected chi connectivity index (χ2v) is 5.31. The summed E-state index contributed by atoms with van der Waals surface area (Å²) in [5.41, 5.74) is 0. The molecule has 3 N–H and O–H groups in total. The van der Waals surface area contributed by atoms with Gasteiger partial charge in [0.1, 0.15) is 0 Å². The highest BCUT2D eigenvalue weighted by Gasteiger charge is 2.24. The number of unbranched alkanes of at least 4 members (excludes halogenated alkanes) is 1. The van der Waals surface area contributed by atoms with E-state index < -0.39 is 0 Å². The topological polar surface area (TPSA) is 65.9 Å². The van der Waals surface area contributed by atoms with Crippen molar-refractivity contribution in [2.75, 3.05) is 32.8 Å². The lowest BCUT2D eigenvalue weighted by Crippen LogP contribution is -2.38. The van der Waals surface area contributed by atoms with Gasteiger partial charge in [-0.3, -0.25) is 4.99 Å². The molecule has 0 aromatic carbocycles. The number of rotatable bonds is 9. The number of halogens is 1. The van der Waals surface area contributed by atoms with Crippen LogP contribution in [0.2, 0.25) is 0 Å². The molecule has 0 aromatic rings. The summed E-state index contributed by atoms with van der Waals surface area (Å²) in [4.78, 5) is 4.58. The maximum absolute atomic E-state index is 9.80. The van der Waals surface area contributed by atoms with E-state index >= 15 is 0 Å². The van der Waals surface area contributed by atoms with Crippen LogP contribution in [-0.4, -0.2) is 50.0 Å². The fourth-order valence-electron chi connectivity index (χ4n) is 2.46. The first kappa shape index (κ1) is 20.9. The van der Waals surface area contributed by atoms with Gasteiger partial charge in [0.15, 0.2) is 5.96 Å². The van der Waals surface area contributed by atoms with Gasteiger partial charge in [0.05, 0.1) is 6.10 Å². The fourth-order valence-corrected chi connectivity index (χ4v) is 2.46. The van der Waals surface area contributed by atoms with Crippen LogP contribution in [0.4, 0.5) is 0 Å². The molecule has 0 heterocycles. The second kappa shape index (κ2) is 13.6. The maximum atomic E-state index is 9.80. The van der Waals surface area contributed by atoms with E-state index in [4.69, 9.17) is 4.74 Å². The molecule has 0 aliphatic heterocycles. The van der Waals surface area contributed by atoms with Gasteiger partial charge in [0.25, 0.3) is 0 Å². The normalized spacial score (nSPS) is 22.0. The summed E-state index contributed by atoms with van der Waals surface area (Å²) in [6.45, 7) is 8.20. The molecular weight excluding hydrogens is 381 g/mol. The monoisotopic (exact) mass is 413 g/mol. The summed E-state index contributed by atoms with van der Waals surface area (Å²) in [5.74, 6) is 1.20. The average Bonchev–Trinajstić information content (AvgIpc) is 2.85. The molecule has 0 aromatic heterocycles. The van der Waals surface area contributed by atoms with Crippen LogP contribution < -0.4 is 10.6 Å². The molecule has 6 heteroatoms. The molecule has 1 fully saturated rings. The van der Waals surface area contributed by atoms with Crippen molar-refractivity contribution < 1.29 is 9.84 Å². The van der Waals surface area contributed by atoms with Crippen LogP contribution >= 0.6 is 24.0 Å². The lowest BCUT2D eigenvalue weighted by atomic mass is 10.1. The zero-order valence-electron chi connectivity index (χ0n) is 13.4. The molecule has 1 rings (SSSR count). The van der Waals surface area contributed by atoms with E-state index in [0.717, 1.165) is 70.9 Å². The summed E-state index contributed by atoms with van der Waals surface area (Å²) in [6.07, 6.45) is 5.15. The Bertz CT molecular complexity index is 278. The van der Waals surface area contributed by atoms with Crippen LogP contribution in [-0.2, 0) is 4.74 Å². The summed E-state index contributed by atoms with van der Waals surface area (Å²) in [5, 5.41) is 16.4. The molecule has 0 amide bonds. The molecule has 0 saturated heterocycles. The SMILES string of the molecule is CCNC(=NCC1CCCC1O)NCCCCOCC.I. The Labute approximate surface area is 146 Å². The fraction of sp³-hybridized carbons (Fsp3) is 0.933. The minimum atomic E-state index is -0.159. The number of nitrogens with one attached hydrogen (secondary N) is 2. The van der Waals surface area contributed by atoms with Crippen LogP contribution in [0.3, 0.4) is 0 Å². The van der Waals surface area contributed by atoms with Crippen molar-refractivity contribution in [3.63, 3.8) is 0 Å². The van der Waals surface area contributed by atoms with Crippen LogP contribution in [0.5, 0.6) is 0 Å². The molecule has 5 nitrogen and oxygen atoms in total. The Morgan fingerprint density at radius 3 is 2.67 bits per heavy atom. The molecule has 2 unspecified atom stereocenters. The Morgan fingerprint density at radius 2 is 2.05 bits per heavy atom. The highest BCUT2D eigenvalue weighted by atomic mass is 127. The predicted octanol–water partition coefficient (Wildman–Crippen LogP) is 2.14. The molecule has 1 aliphatic rings. The van der Waals surface area contributed by atoms with E-state index in [-0.39, 0.29) is 30.1 Å². The van der Waals surface area contributed by atoms with Gasteiger partial charge in [0, 0.05) is 38.8 Å². The van der Waals surface area contributed by atoms with Crippen molar-refractivity contribution in [3.8, 4) is 0 Å². The van der Waals surface area contributed by atoms with E-state index in [0.29, 0.717) is 5.92 Å². The highest BCUT2D eigenvalue weighted by Crippen LogP contribution is 2.25. The van der Waals surface area contributed by atoms with Crippen LogP contribution in [0.15, 0.2) is 4.99 Å². The van der Waals surface area contributed by atoms with Gasteiger partial charge in [-0.15, -0.1) is 24.0 Å². The third-order valence-electron chi connectivity index (χ3n) is 3.66. The van der Waals surface area contributed by atoms with Crippen molar-refractivity contribution >= 4 is 29.9 Å². The molecular formula is C15H32IN3O2. The van der Waals surface area contributed by atoms with Crippen molar-refractivity contribution in [1.82, 2.24) is 10.6 Å². The molecule has 0 bridgehead atoms. The van der Waals surface area contributed by atoms with Crippen LogP contribution in [0.25, 0.3) is 0 Å². The van der Waals surface area contributed by atoms with E-state index in [1.165, 1.54) is 0 Å². The van der Waals surface area contributed by atoms with Crippen molar-refractivity contribution in [3.05, 3.63) is 0 Å². The quantitative estimate of drug-likeness (QED) is 0.235. The summed E-state index contributed by atoms with van der Waals surface area (Å²) < 4.78 is 5.31. The third-order valence-corrected chi connectivity index (χ3v) is 3.66. The van der Waals surface area contributed by atoms with Crippen molar-refractivity contribution in [2.45, 2.75) is 52.1 Å². The number of nitrogens with zero attached hydrogens (tertiary/aromatic N) is 1. The van der Waals surface area contributed by atoms with Gasteiger partial charge in [-0.05, 0) is 39.5 Å². The van der Waals surface area contributed by atoms with E-state index in [2.05, 4.69) is 22.5 Å². The van der Waals surface area contributed by atoms with Gasteiger partial charge in [0.2, 0.25) is 0 Å². The average molecular weight is 413 g/mol. The molecule has 1 aliphatic carbocycles. The lowest BCUT2D eigenvalue weighted by Gasteiger charge is -2.14. The molecule has 2 atom stereocenters. The van der Waals surface area contributed by atoms with E-state index in [1.807, 2.05) is 6.92 Å². The predicted molar refractivity (Wildman–Crippen MR) is 98.5 cm³/mol. The van der Waals surface area contributed by atoms with E-state index in [9.17, 15) is 5.11 Å². The highest BCUT2D eigenvalue weighted by molar-refractivity contribution is 14.0. The Morgan fingerprint density at radius 1 is 1.24 bits per heavy atom.